The monoisotopic (exact) mass is 347 g/mol. The summed E-state index contributed by atoms with van der Waals surface area (Å²) in [4.78, 5) is 0. The SMILES string of the molecule is COc1ccc(C(C)(C)C)cc1C(CN)Cc1cccc2ccccc12. The van der Waals surface area contributed by atoms with Crippen molar-refractivity contribution in [3.05, 3.63) is 77.4 Å². The number of nitrogens with two attached hydrogens (primary N) is 1. The maximum absolute atomic E-state index is 6.22. The number of ether oxygens (including phenoxy) is 1. The van der Waals surface area contributed by atoms with Crippen LogP contribution in [0, 0.1) is 0 Å². The summed E-state index contributed by atoms with van der Waals surface area (Å²) in [6.07, 6.45) is 0.905. The molecule has 136 valence electrons. The van der Waals surface area contributed by atoms with Crippen LogP contribution < -0.4 is 10.5 Å². The average Bonchev–Trinajstić information content (AvgIpc) is 2.65. The van der Waals surface area contributed by atoms with E-state index < -0.39 is 0 Å². The van der Waals surface area contributed by atoms with E-state index >= 15 is 0 Å². The van der Waals surface area contributed by atoms with Crippen molar-refractivity contribution in [1.82, 2.24) is 0 Å². The topological polar surface area (TPSA) is 35.2 Å². The van der Waals surface area contributed by atoms with Crippen LogP contribution in [0.1, 0.15) is 43.4 Å². The maximum atomic E-state index is 6.22. The number of hydrogen-bond donors (Lipinski definition) is 1. The Balaban J connectivity index is 2.03. The number of benzene rings is 3. The molecule has 0 amide bonds. The van der Waals surface area contributed by atoms with Crippen molar-refractivity contribution < 1.29 is 4.74 Å². The number of methoxy groups -OCH3 is 1. The molecule has 3 aromatic rings. The molecule has 3 aromatic carbocycles. The lowest BCUT2D eigenvalue weighted by molar-refractivity contribution is 0.404. The summed E-state index contributed by atoms with van der Waals surface area (Å²) >= 11 is 0. The zero-order valence-corrected chi connectivity index (χ0v) is 16.3. The molecule has 0 radical (unpaired) electrons. The van der Waals surface area contributed by atoms with Gasteiger partial charge in [0, 0.05) is 5.92 Å². The fourth-order valence-corrected chi connectivity index (χ4v) is 3.58. The molecule has 2 N–H and O–H groups in total. The highest BCUT2D eigenvalue weighted by Crippen LogP contribution is 2.34. The van der Waals surface area contributed by atoms with Crippen molar-refractivity contribution in [1.29, 1.82) is 0 Å². The Morgan fingerprint density at radius 2 is 1.69 bits per heavy atom. The van der Waals surface area contributed by atoms with E-state index in [1.165, 1.54) is 27.5 Å². The molecular formula is C24H29NO. The summed E-state index contributed by atoms with van der Waals surface area (Å²) in [5, 5.41) is 2.58. The van der Waals surface area contributed by atoms with Gasteiger partial charge in [-0.25, -0.2) is 0 Å². The van der Waals surface area contributed by atoms with Gasteiger partial charge in [0.2, 0.25) is 0 Å². The zero-order chi connectivity index (χ0) is 18.7. The minimum absolute atomic E-state index is 0.0968. The van der Waals surface area contributed by atoms with Crippen LogP contribution in [0.25, 0.3) is 10.8 Å². The Morgan fingerprint density at radius 1 is 0.962 bits per heavy atom. The van der Waals surface area contributed by atoms with E-state index in [-0.39, 0.29) is 11.3 Å². The standard InChI is InChI=1S/C24H29NO/c1-24(2,3)20-12-13-23(26-4)22(15-20)19(16-25)14-18-10-7-9-17-8-5-6-11-21(17)18/h5-13,15,19H,14,16,25H2,1-4H3. The predicted molar refractivity (Wildman–Crippen MR) is 111 cm³/mol. The van der Waals surface area contributed by atoms with Crippen molar-refractivity contribution in [2.75, 3.05) is 13.7 Å². The molecule has 0 bridgehead atoms. The third-order valence-corrected chi connectivity index (χ3v) is 5.17. The highest BCUT2D eigenvalue weighted by Gasteiger charge is 2.21. The van der Waals surface area contributed by atoms with Crippen LogP contribution in [0.4, 0.5) is 0 Å². The minimum Gasteiger partial charge on any atom is -0.496 e. The van der Waals surface area contributed by atoms with E-state index in [0.29, 0.717) is 6.54 Å². The molecule has 3 rings (SSSR count). The van der Waals surface area contributed by atoms with Gasteiger partial charge in [-0.15, -0.1) is 0 Å². The van der Waals surface area contributed by atoms with Gasteiger partial charge < -0.3 is 10.5 Å². The molecule has 0 saturated carbocycles. The Kier molecular flexibility index (Phi) is 5.33. The van der Waals surface area contributed by atoms with Crippen molar-refractivity contribution in [2.24, 2.45) is 5.73 Å². The molecule has 0 fully saturated rings. The van der Waals surface area contributed by atoms with Gasteiger partial charge in [-0.05, 0) is 51.9 Å². The van der Waals surface area contributed by atoms with Crippen molar-refractivity contribution in [2.45, 2.75) is 38.5 Å². The molecule has 0 aliphatic heterocycles. The van der Waals surface area contributed by atoms with Gasteiger partial charge in [0.15, 0.2) is 0 Å². The largest absolute Gasteiger partial charge is 0.496 e. The maximum Gasteiger partial charge on any atom is 0.122 e. The Hall–Kier alpha value is -2.32. The molecule has 2 nitrogen and oxygen atoms in total. The fourth-order valence-electron chi connectivity index (χ4n) is 3.58. The lowest BCUT2D eigenvalue weighted by Gasteiger charge is -2.24. The summed E-state index contributed by atoms with van der Waals surface area (Å²) in [6, 6.07) is 21.6. The van der Waals surface area contributed by atoms with Crippen LogP contribution in [0.5, 0.6) is 5.75 Å². The number of hydrogen-bond acceptors (Lipinski definition) is 2. The van der Waals surface area contributed by atoms with E-state index in [1.54, 1.807) is 7.11 Å². The van der Waals surface area contributed by atoms with Crippen LogP contribution in [-0.4, -0.2) is 13.7 Å². The quantitative estimate of drug-likeness (QED) is 0.668. The molecule has 0 saturated heterocycles. The van der Waals surface area contributed by atoms with Crippen molar-refractivity contribution >= 4 is 10.8 Å². The van der Waals surface area contributed by atoms with Gasteiger partial charge in [-0.1, -0.05) is 75.4 Å². The highest BCUT2D eigenvalue weighted by molar-refractivity contribution is 5.85. The first-order chi connectivity index (χ1) is 12.4. The Labute approximate surface area is 157 Å². The summed E-state index contributed by atoms with van der Waals surface area (Å²) in [6.45, 7) is 7.30. The molecule has 26 heavy (non-hydrogen) atoms. The third-order valence-electron chi connectivity index (χ3n) is 5.17. The highest BCUT2D eigenvalue weighted by atomic mass is 16.5. The first kappa shape index (κ1) is 18.5. The summed E-state index contributed by atoms with van der Waals surface area (Å²) in [5.74, 6) is 1.15. The Bertz CT molecular complexity index is 887. The van der Waals surface area contributed by atoms with E-state index in [2.05, 4.69) is 81.4 Å². The third kappa shape index (κ3) is 3.76. The minimum atomic E-state index is 0.0968. The number of rotatable bonds is 5. The molecule has 0 aliphatic carbocycles. The van der Waals surface area contributed by atoms with Gasteiger partial charge in [0.05, 0.1) is 7.11 Å². The van der Waals surface area contributed by atoms with Gasteiger partial charge in [-0.3, -0.25) is 0 Å². The van der Waals surface area contributed by atoms with Crippen LogP contribution in [0.15, 0.2) is 60.7 Å². The van der Waals surface area contributed by atoms with E-state index in [0.717, 1.165) is 12.2 Å². The first-order valence-corrected chi connectivity index (χ1v) is 9.29. The van der Waals surface area contributed by atoms with Gasteiger partial charge in [0.25, 0.3) is 0 Å². The average molecular weight is 348 g/mol. The van der Waals surface area contributed by atoms with Crippen LogP contribution in [0.3, 0.4) is 0 Å². The lowest BCUT2D eigenvalue weighted by Crippen LogP contribution is -2.18. The molecule has 2 heteroatoms. The molecule has 0 aliphatic rings. The lowest BCUT2D eigenvalue weighted by atomic mass is 9.82. The summed E-state index contributed by atoms with van der Waals surface area (Å²) < 4.78 is 5.67. The normalized spacial score (nSPS) is 13.0. The second kappa shape index (κ2) is 7.51. The number of fused-ring (bicyclic) bond motifs is 1. The fraction of sp³-hybridized carbons (Fsp3) is 0.333. The molecule has 1 unspecified atom stereocenters. The van der Waals surface area contributed by atoms with Crippen LogP contribution in [-0.2, 0) is 11.8 Å². The zero-order valence-electron chi connectivity index (χ0n) is 16.3. The predicted octanol–water partition coefficient (Wildman–Crippen LogP) is 5.43. The Morgan fingerprint density at radius 3 is 2.38 bits per heavy atom. The second-order valence-electron chi connectivity index (χ2n) is 7.98. The van der Waals surface area contributed by atoms with Crippen LogP contribution in [0.2, 0.25) is 0 Å². The van der Waals surface area contributed by atoms with E-state index in [9.17, 15) is 0 Å². The smallest absolute Gasteiger partial charge is 0.122 e. The molecule has 0 heterocycles. The van der Waals surface area contributed by atoms with E-state index in [4.69, 9.17) is 10.5 Å². The van der Waals surface area contributed by atoms with Gasteiger partial charge in [0.1, 0.15) is 5.75 Å². The molecule has 0 spiro atoms. The second-order valence-corrected chi connectivity index (χ2v) is 7.98. The van der Waals surface area contributed by atoms with Crippen LogP contribution >= 0.6 is 0 Å². The molecular weight excluding hydrogens is 318 g/mol. The van der Waals surface area contributed by atoms with Crippen molar-refractivity contribution in [3.8, 4) is 5.75 Å². The molecule has 1 atom stereocenters. The van der Waals surface area contributed by atoms with Gasteiger partial charge in [-0.2, -0.15) is 0 Å². The summed E-state index contributed by atoms with van der Waals surface area (Å²) in [7, 11) is 1.74. The first-order valence-electron chi connectivity index (χ1n) is 9.29. The van der Waals surface area contributed by atoms with Crippen molar-refractivity contribution in [3.63, 3.8) is 0 Å². The molecule has 0 aromatic heterocycles. The van der Waals surface area contributed by atoms with E-state index in [1.807, 2.05) is 0 Å². The summed E-state index contributed by atoms with van der Waals surface area (Å²) in [5.41, 5.74) is 10.2. The van der Waals surface area contributed by atoms with Gasteiger partial charge >= 0.3 is 0 Å².